The SMILES string of the molecule is O=S(=O)(c1ccc(N=C=S)cc1)N1CCc2ccccc2C1. The van der Waals surface area contributed by atoms with E-state index in [9.17, 15) is 8.42 Å². The number of hydrogen-bond donors (Lipinski definition) is 0. The van der Waals surface area contributed by atoms with Crippen LogP contribution in [0.2, 0.25) is 0 Å². The molecule has 0 aromatic heterocycles. The van der Waals surface area contributed by atoms with E-state index >= 15 is 0 Å². The highest BCUT2D eigenvalue weighted by atomic mass is 32.2. The molecule has 3 rings (SSSR count). The molecule has 22 heavy (non-hydrogen) atoms. The second kappa shape index (κ2) is 6.10. The van der Waals surface area contributed by atoms with Crippen LogP contribution >= 0.6 is 12.2 Å². The summed E-state index contributed by atoms with van der Waals surface area (Å²) in [6.45, 7) is 0.914. The van der Waals surface area contributed by atoms with Crippen LogP contribution in [0.3, 0.4) is 0 Å². The first-order valence-corrected chi connectivity index (χ1v) is 8.71. The van der Waals surface area contributed by atoms with E-state index in [-0.39, 0.29) is 4.90 Å². The summed E-state index contributed by atoms with van der Waals surface area (Å²) in [5, 5.41) is 2.27. The van der Waals surface area contributed by atoms with Crippen LogP contribution in [0.1, 0.15) is 11.1 Å². The molecular formula is C16H14N2O2S2. The van der Waals surface area contributed by atoms with Gasteiger partial charge in [-0.2, -0.15) is 9.30 Å². The van der Waals surface area contributed by atoms with Crippen molar-refractivity contribution in [2.24, 2.45) is 4.99 Å². The average molecular weight is 330 g/mol. The number of rotatable bonds is 3. The molecular weight excluding hydrogens is 316 g/mol. The predicted octanol–water partition coefficient (Wildman–Crippen LogP) is 3.17. The molecule has 0 N–H and O–H groups in total. The van der Waals surface area contributed by atoms with Gasteiger partial charge in [0.05, 0.1) is 15.7 Å². The fraction of sp³-hybridized carbons (Fsp3) is 0.188. The van der Waals surface area contributed by atoms with Crippen molar-refractivity contribution >= 4 is 33.1 Å². The maximum Gasteiger partial charge on any atom is 0.243 e. The molecule has 1 heterocycles. The van der Waals surface area contributed by atoms with Crippen molar-refractivity contribution in [3.8, 4) is 0 Å². The Morgan fingerprint density at radius 1 is 1.05 bits per heavy atom. The molecule has 0 atom stereocenters. The van der Waals surface area contributed by atoms with Crippen LogP contribution in [0.25, 0.3) is 0 Å². The summed E-state index contributed by atoms with van der Waals surface area (Å²) >= 11 is 4.54. The zero-order valence-electron chi connectivity index (χ0n) is 11.8. The Morgan fingerprint density at radius 2 is 1.73 bits per heavy atom. The first-order valence-electron chi connectivity index (χ1n) is 6.86. The van der Waals surface area contributed by atoms with Crippen molar-refractivity contribution in [2.75, 3.05) is 6.54 Å². The van der Waals surface area contributed by atoms with E-state index in [4.69, 9.17) is 0 Å². The standard InChI is InChI=1S/C16H14N2O2S2/c19-22(20,16-7-5-15(6-8-16)17-12-21)18-10-9-13-3-1-2-4-14(13)11-18/h1-8H,9-11H2. The molecule has 0 aliphatic carbocycles. The second-order valence-corrected chi connectivity index (χ2v) is 7.17. The quantitative estimate of drug-likeness (QED) is 0.641. The van der Waals surface area contributed by atoms with Gasteiger partial charge in [0.25, 0.3) is 0 Å². The van der Waals surface area contributed by atoms with Crippen molar-refractivity contribution in [3.63, 3.8) is 0 Å². The average Bonchev–Trinajstić information content (AvgIpc) is 2.55. The molecule has 112 valence electrons. The minimum absolute atomic E-state index is 0.273. The Kier molecular flexibility index (Phi) is 4.18. The lowest BCUT2D eigenvalue weighted by Gasteiger charge is -2.28. The van der Waals surface area contributed by atoms with Crippen LogP contribution in [-0.4, -0.2) is 24.4 Å². The lowest BCUT2D eigenvalue weighted by Crippen LogP contribution is -2.35. The monoisotopic (exact) mass is 330 g/mol. The molecule has 0 saturated heterocycles. The van der Waals surface area contributed by atoms with E-state index in [0.29, 0.717) is 18.8 Å². The van der Waals surface area contributed by atoms with Crippen LogP contribution < -0.4 is 0 Å². The van der Waals surface area contributed by atoms with Gasteiger partial charge in [-0.15, -0.1) is 0 Å². The first-order chi connectivity index (χ1) is 10.6. The molecule has 0 radical (unpaired) electrons. The molecule has 0 saturated carbocycles. The second-order valence-electron chi connectivity index (χ2n) is 5.05. The van der Waals surface area contributed by atoms with E-state index in [1.807, 2.05) is 18.2 Å². The van der Waals surface area contributed by atoms with Crippen LogP contribution in [0.4, 0.5) is 5.69 Å². The number of aliphatic imine (C=N–C) groups is 1. The number of fused-ring (bicyclic) bond motifs is 1. The highest BCUT2D eigenvalue weighted by molar-refractivity contribution is 7.89. The zero-order chi connectivity index (χ0) is 15.6. The molecule has 1 aliphatic heterocycles. The molecule has 2 aromatic rings. The summed E-state index contributed by atoms with van der Waals surface area (Å²) in [4.78, 5) is 4.10. The normalized spacial score (nSPS) is 14.9. The largest absolute Gasteiger partial charge is 0.243 e. The van der Waals surface area contributed by atoms with E-state index in [0.717, 1.165) is 12.0 Å². The Bertz CT molecular complexity index is 839. The van der Waals surface area contributed by atoms with Crippen molar-refractivity contribution in [1.82, 2.24) is 4.31 Å². The molecule has 4 nitrogen and oxygen atoms in total. The zero-order valence-corrected chi connectivity index (χ0v) is 13.4. The molecule has 0 fully saturated rings. The van der Waals surface area contributed by atoms with Crippen molar-refractivity contribution in [1.29, 1.82) is 0 Å². The summed E-state index contributed by atoms with van der Waals surface area (Å²) in [5.41, 5.74) is 2.89. The van der Waals surface area contributed by atoms with Gasteiger partial charge in [-0.1, -0.05) is 24.3 Å². The third-order valence-corrected chi connectivity index (χ3v) is 5.70. The first kappa shape index (κ1) is 15.1. The summed E-state index contributed by atoms with van der Waals surface area (Å²) < 4.78 is 27.0. The van der Waals surface area contributed by atoms with E-state index in [1.165, 1.54) is 9.87 Å². The fourth-order valence-electron chi connectivity index (χ4n) is 2.57. The van der Waals surface area contributed by atoms with Gasteiger partial charge in [0.2, 0.25) is 10.0 Å². The Balaban J connectivity index is 1.89. The topological polar surface area (TPSA) is 49.7 Å². The van der Waals surface area contributed by atoms with Gasteiger partial charge in [0, 0.05) is 13.1 Å². The minimum Gasteiger partial charge on any atom is -0.207 e. The van der Waals surface area contributed by atoms with Gasteiger partial charge < -0.3 is 0 Å². The minimum atomic E-state index is -3.49. The number of sulfonamides is 1. The van der Waals surface area contributed by atoms with Gasteiger partial charge in [0.15, 0.2) is 0 Å². The highest BCUT2D eigenvalue weighted by Crippen LogP contribution is 2.25. The van der Waals surface area contributed by atoms with E-state index < -0.39 is 10.0 Å². The predicted molar refractivity (Wildman–Crippen MR) is 88.9 cm³/mol. The van der Waals surface area contributed by atoms with Crippen molar-refractivity contribution < 1.29 is 8.42 Å². The molecule has 2 aromatic carbocycles. The van der Waals surface area contributed by atoms with Crippen molar-refractivity contribution in [3.05, 3.63) is 59.7 Å². The summed E-state index contributed by atoms with van der Waals surface area (Å²) in [6.07, 6.45) is 0.739. The fourth-order valence-corrected chi connectivity index (χ4v) is 4.09. The van der Waals surface area contributed by atoms with Gasteiger partial charge in [-0.05, 0) is 54.0 Å². The number of hydrogen-bond acceptors (Lipinski definition) is 4. The van der Waals surface area contributed by atoms with Gasteiger partial charge in [-0.25, -0.2) is 8.42 Å². The molecule has 0 spiro atoms. The molecule has 6 heteroatoms. The molecule has 1 aliphatic rings. The summed E-state index contributed by atoms with van der Waals surface area (Å²) in [6, 6.07) is 14.3. The Hall–Kier alpha value is -1.85. The maximum absolute atomic E-state index is 12.7. The van der Waals surface area contributed by atoms with Crippen LogP contribution in [0.15, 0.2) is 58.4 Å². The van der Waals surface area contributed by atoms with Gasteiger partial charge >= 0.3 is 0 Å². The Labute approximate surface area is 135 Å². The molecule has 0 amide bonds. The third-order valence-electron chi connectivity index (χ3n) is 3.74. The molecule has 0 bridgehead atoms. The van der Waals surface area contributed by atoms with E-state index in [1.54, 1.807) is 24.3 Å². The number of isothiocyanates is 1. The maximum atomic E-state index is 12.7. The lowest BCUT2D eigenvalue weighted by molar-refractivity contribution is 0.391. The summed E-state index contributed by atoms with van der Waals surface area (Å²) in [5.74, 6) is 0. The number of nitrogens with zero attached hydrogens (tertiary/aromatic N) is 2. The smallest absolute Gasteiger partial charge is 0.207 e. The number of benzene rings is 2. The third kappa shape index (κ3) is 2.87. The molecule has 0 unspecified atom stereocenters. The van der Waals surface area contributed by atoms with Gasteiger partial charge in [0.1, 0.15) is 0 Å². The van der Waals surface area contributed by atoms with Crippen LogP contribution in [-0.2, 0) is 23.0 Å². The van der Waals surface area contributed by atoms with Crippen LogP contribution in [0, 0.1) is 0 Å². The van der Waals surface area contributed by atoms with Crippen molar-refractivity contribution in [2.45, 2.75) is 17.9 Å². The lowest BCUT2D eigenvalue weighted by atomic mass is 10.0. The highest BCUT2D eigenvalue weighted by Gasteiger charge is 2.27. The van der Waals surface area contributed by atoms with E-state index in [2.05, 4.69) is 28.4 Å². The summed E-state index contributed by atoms with van der Waals surface area (Å²) in [7, 11) is -3.49. The number of thiocarbonyl (C=S) groups is 1. The Morgan fingerprint density at radius 3 is 2.41 bits per heavy atom. The van der Waals surface area contributed by atoms with Gasteiger partial charge in [-0.3, -0.25) is 0 Å². The van der Waals surface area contributed by atoms with Crippen LogP contribution in [0.5, 0.6) is 0 Å².